The molecule has 84 valence electrons. The zero-order valence-corrected chi connectivity index (χ0v) is 10.1. The standard InChI is InChI=1S/C9H16N4OS/c1-4-7-11-12-8(15-7)10-9(14)13(5-2)6-3/h4-6H2,1-3H3,(H,10,12,14). The van der Waals surface area contributed by atoms with Gasteiger partial charge in [-0.05, 0) is 20.3 Å². The van der Waals surface area contributed by atoms with Crippen molar-refractivity contribution in [1.82, 2.24) is 15.1 Å². The number of nitrogens with zero attached hydrogens (tertiary/aromatic N) is 3. The highest BCUT2D eigenvalue weighted by Gasteiger charge is 2.11. The van der Waals surface area contributed by atoms with Gasteiger partial charge >= 0.3 is 6.03 Å². The quantitative estimate of drug-likeness (QED) is 0.857. The Morgan fingerprint density at radius 2 is 2.00 bits per heavy atom. The van der Waals surface area contributed by atoms with E-state index in [1.165, 1.54) is 11.3 Å². The SMILES string of the molecule is CCc1nnc(NC(=O)N(CC)CC)s1. The van der Waals surface area contributed by atoms with Gasteiger partial charge in [-0.25, -0.2) is 4.79 Å². The molecular formula is C9H16N4OS. The van der Waals surface area contributed by atoms with Crippen LogP contribution in [0, 0.1) is 0 Å². The molecule has 0 unspecified atom stereocenters. The van der Waals surface area contributed by atoms with Crippen LogP contribution in [0.3, 0.4) is 0 Å². The molecule has 0 bridgehead atoms. The number of rotatable bonds is 4. The number of hydrogen-bond donors (Lipinski definition) is 1. The molecule has 0 aliphatic heterocycles. The third-order valence-corrected chi connectivity index (χ3v) is 3.02. The molecule has 0 atom stereocenters. The molecule has 0 aromatic carbocycles. The van der Waals surface area contributed by atoms with Crippen LogP contribution in [0.5, 0.6) is 0 Å². The summed E-state index contributed by atoms with van der Waals surface area (Å²) in [6.45, 7) is 7.29. The van der Waals surface area contributed by atoms with Crippen LogP contribution in [0.4, 0.5) is 9.93 Å². The van der Waals surface area contributed by atoms with Crippen molar-refractivity contribution in [3.05, 3.63) is 5.01 Å². The largest absolute Gasteiger partial charge is 0.325 e. The van der Waals surface area contributed by atoms with Gasteiger partial charge in [0.15, 0.2) is 0 Å². The number of anilines is 1. The van der Waals surface area contributed by atoms with Gasteiger partial charge in [0.25, 0.3) is 0 Å². The monoisotopic (exact) mass is 228 g/mol. The van der Waals surface area contributed by atoms with Crippen LogP contribution in [0.25, 0.3) is 0 Å². The van der Waals surface area contributed by atoms with Crippen molar-refractivity contribution in [2.75, 3.05) is 18.4 Å². The molecule has 0 aliphatic rings. The van der Waals surface area contributed by atoms with Gasteiger partial charge in [-0.3, -0.25) is 5.32 Å². The summed E-state index contributed by atoms with van der Waals surface area (Å²) in [6, 6.07) is -0.112. The minimum absolute atomic E-state index is 0.112. The van der Waals surface area contributed by atoms with Crippen LogP contribution in [0.15, 0.2) is 0 Å². The van der Waals surface area contributed by atoms with Crippen LogP contribution < -0.4 is 5.32 Å². The zero-order valence-electron chi connectivity index (χ0n) is 9.28. The fraction of sp³-hybridized carbons (Fsp3) is 0.667. The summed E-state index contributed by atoms with van der Waals surface area (Å²) in [5.74, 6) is 0. The average Bonchev–Trinajstić information content (AvgIpc) is 2.67. The second kappa shape index (κ2) is 5.65. The second-order valence-electron chi connectivity index (χ2n) is 2.96. The predicted molar refractivity (Wildman–Crippen MR) is 61.2 cm³/mol. The lowest BCUT2D eigenvalue weighted by atomic mass is 10.5. The number of hydrogen-bond acceptors (Lipinski definition) is 4. The third kappa shape index (κ3) is 3.16. The number of amides is 2. The van der Waals surface area contributed by atoms with Gasteiger partial charge in [-0.2, -0.15) is 0 Å². The molecule has 6 heteroatoms. The Bertz CT molecular complexity index is 322. The van der Waals surface area contributed by atoms with E-state index >= 15 is 0 Å². The van der Waals surface area contributed by atoms with Gasteiger partial charge in [0.2, 0.25) is 5.13 Å². The maximum Gasteiger partial charge on any atom is 0.323 e. The van der Waals surface area contributed by atoms with Crippen molar-refractivity contribution >= 4 is 22.5 Å². The Hall–Kier alpha value is -1.17. The maximum atomic E-state index is 11.6. The molecule has 0 aliphatic carbocycles. The lowest BCUT2D eigenvalue weighted by Crippen LogP contribution is -2.34. The molecule has 5 nitrogen and oxygen atoms in total. The molecule has 0 saturated heterocycles. The van der Waals surface area contributed by atoms with Crippen LogP contribution in [-0.4, -0.2) is 34.2 Å². The van der Waals surface area contributed by atoms with E-state index in [-0.39, 0.29) is 6.03 Å². The van der Waals surface area contributed by atoms with Gasteiger partial charge in [0, 0.05) is 13.1 Å². The Kier molecular flexibility index (Phi) is 4.48. The third-order valence-electron chi connectivity index (χ3n) is 2.03. The summed E-state index contributed by atoms with van der Waals surface area (Å²) in [7, 11) is 0. The molecule has 2 amide bonds. The number of urea groups is 1. The fourth-order valence-corrected chi connectivity index (χ4v) is 1.80. The highest BCUT2D eigenvalue weighted by Crippen LogP contribution is 2.15. The summed E-state index contributed by atoms with van der Waals surface area (Å²) < 4.78 is 0. The van der Waals surface area contributed by atoms with Crippen LogP contribution in [-0.2, 0) is 6.42 Å². The average molecular weight is 228 g/mol. The molecular weight excluding hydrogens is 212 g/mol. The molecule has 15 heavy (non-hydrogen) atoms. The van der Waals surface area contributed by atoms with Crippen LogP contribution in [0.2, 0.25) is 0 Å². The first-order valence-electron chi connectivity index (χ1n) is 5.09. The molecule has 0 radical (unpaired) electrons. The second-order valence-corrected chi connectivity index (χ2v) is 4.02. The molecule has 0 fully saturated rings. The van der Waals surface area contributed by atoms with Crippen molar-refractivity contribution in [3.63, 3.8) is 0 Å². The maximum absolute atomic E-state index is 11.6. The lowest BCUT2D eigenvalue weighted by molar-refractivity contribution is 0.217. The van der Waals surface area contributed by atoms with Gasteiger partial charge in [0.1, 0.15) is 5.01 Å². The minimum atomic E-state index is -0.112. The number of aromatic nitrogens is 2. The lowest BCUT2D eigenvalue weighted by Gasteiger charge is -2.17. The topological polar surface area (TPSA) is 58.1 Å². The zero-order chi connectivity index (χ0) is 11.3. The van der Waals surface area contributed by atoms with E-state index in [1.54, 1.807) is 4.90 Å². The first-order valence-corrected chi connectivity index (χ1v) is 5.91. The number of aryl methyl sites for hydroxylation is 1. The van der Waals surface area contributed by atoms with E-state index in [0.29, 0.717) is 18.2 Å². The fourth-order valence-electron chi connectivity index (χ4n) is 1.13. The Labute approximate surface area is 93.5 Å². The van der Waals surface area contributed by atoms with E-state index in [4.69, 9.17) is 0 Å². The van der Waals surface area contributed by atoms with Gasteiger partial charge in [-0.15, -0.1) is 10.2 Å². The first kappa shape index (κ1) is 11.9. The first-order chi connectivity index (χ1) is 7.21. The number of nitrogens with one attached hydrogen (secondary N) is 1. The van der Waals surface area contributed by atoms with Crippen molar-refractivity contribution < 1.29 is 4.79 Å². The summed E-state index contributed by atoms with van der Waals surface area (Å²) in [6.07, 6.45) is 0.846. The van der Waals surface area contributed by atoms with E-state index < -0.39 is 0 Å². The smallest absolute Gasteiger partial charge is 0.323 e. The number of carbonyl (C=O) groups excluding carboxylic acids is 1. The molecule has 1 N–H and O–H groups in total. The van der Waals surface area contributed by atoms with Crippen molar-refractivity contribution in [2.24, 2.45) is 0 Å². The molecule has 0 spiro atoms. The van der Waals surface area contributed by atoms with Gasteiger partial charge < -0.3 is 4.90 Å². The van der Waals surface area contributed by atoms with Crippen molar-refractivity contribution in [2.45, 2.75) is 27.2 Å². The number of carbonyl (C=O) groups is 1. The summed E-state index contributed by atoms with van der Waals surface area (Å²) >= 11 is 1.42. The minimum Gasteiger partial charge on any atom is -0.325 e. The molecule has 1 aromatic heterocycles. The van der Waals surface area contributed by atoms with Crippen molar-refractivity contribution in [1.29, 1.82) is 0 Å². The molecule has 0 saturated carbocycles. The highest BCUT2D eigenvalue weighted by molar-refractivity contribution is 7.15. The van der Waals surface area contributed by atoms with E-state index in [1.807, 2.05) is 20.8 Å². The van der Waals surface area contributed by atoms with Gasteiger partial charge in [0.05, 0.1) is 0 Å². The molecule has 1 heterocycles. The molecule has 1 rings (SSSR count). The normalized spacial score (nSPS) is 10.1. The van der Waals surface area contributed by atoms with Gasteiger partial charge in [-0.1, -0.05) is 18.3 Å². The summed E-state index contributed by atoms with van der Waals surface area (Å²) in [5, 5.41) is 12.1. The van der Waals surface area contributed by atoms with E-state index in [0.717, 1.165) is 11.4 Å². The Morgan fingerprint density at radius 1 is 1.33 bits per heavy atom. The van der Waals surface area contributed by atoms with E-state index in [9.17, 15) is 4.79 Å². The summed E-state index contributed by atoms with van der Waals surface area (Å²) in [5.41, 5.74) is 0. The highest BCUT2D eigenvalue weighted by atomic mass is 32.1. The Morgan fingerprint density at radius 3 is 2.47 bits per heavy atom. The molecule has 1 aromatic rings. The predicted octanol–water partition coefficient (Wildman–Crippen LogP) is 1.97. The Balaban J connectivity index is 2.57. The van der Waals surface area contributed by atoms with Crippen LogP contribution in [0.1, 0.15) is 25.8 Å². The van der Waals surface area contributed by atoms with Crippen molar-refractivity contribution in [3.8, 4) is 0 Å². The summed E-state index contributed by atoms with van der Waals surface area (Å²) in [4.78, 5) is 13.3. The van der Waals surface area contributed by atoms with E-state index in [2.05, 4.69) is 15.5 Å². The van der Waals surface area contributed by atoms with Crippen LogP contribution >= 0.6 is 11.3 Å².